The molecule has 1 aromatic carbocycles. The molecule has 0 saturated heterocycles. The van der Waals surface area contributed by atoms with Crippen LogP contribution < -0.4 is 10.5 Å². The predicted octanol–water partition coefficient (Wildman–Crippen LogP) is 1.73. The van der Waals surface area contributed by atoms with Crippen molar-refractivity contribution in [2.45, 2.75) is 19.9 Å². The van der Waals surface area contributed by atoms with Crippen LogP contribution in [0.15, 0.2) is 24.3 Å². The van der Waals surface area contributed by atoms with Gasteiger partial charge in [-0.15, -0.1) is 0 Å². The summed E-state index contributed by atoms with van der Waals surface area (Å²) in [6.07, 6.45) is 1.25. The fourth-order valence-corrected chi connectivity index (χ4v) is 2.08. The number of aromatic nitrogens is 2. The average Bonchev–Trinajstić information content (AvgIpc) is 2.82. The lowest BCUT2D eigenvalue weighted by Crippen LogP contribution is -2.06. The molecule has 112 valence electrons. The third-order valence-electron chi connectivity index (χ3n) is 3.11. The molecule has 0 amide bonds. The molecule has 2 rings (SSSR count). The second kappa shape index (κ2) is 6.90. The van der Waals surface area contributed by atoms with E-state index >= 15 is 0 Å². The Kier molecular flexibility index (Phi) is 4.94. The van der Waals surface area contributed by atoms with Crippen molar-refractivity contribution in [1.82, 2.24) is 9.78 Å². The summed E-state index contributed by atoms with van der Waals surface area (Å²) < 4.78 is 6.94. The Hall–Kier alpha value is -2.34. The van der Waals surface area contributed by atoms with Crippen LogP contribution in [0.5, 0.6) is 5.75 Å². The Morgan fingerprint density at radius 1 is 1.38 bits per heavy atom. The van der Waals surface area contributed by atoms with E-state index < -0.39 is 0 Å². The first kappa shape index (κ1) is 15.1. The molecule has 0 bridgehead atoms. The number of anilines is 1. The number of aliphatic hydroxyl groups is 1. The number of carbonyl (C=O) groups is 1. The number of nitrogens with zero attached hydrogens (tertiary/aromatic N) is 2. The molecule has 0 spiro atoms. The topological polar surface area (TPSA) is 90.4 Å². The number of aliphatic hydroxyl groups excluding tert-OH is 1. The fraction of sp³-hybridized carbons (Fsp3) is 0.333. The zero-order chi connectivity index (χ0) is 15.2. The summed E-state index contributed by atoms with van der Waals surface area (Å²) in [4.78, 5) is 11.3. The Labute approximate surface area is 123 Å². The zero-order valence-electron chi connectivity index (χ0n) is 12.0. The maximum absolute atomic E-state index is 11.3. The second-order valence-electron chi connectivity index (χ2n) is 4.52. The molecule has 1 aromatic heterocycles. The van der Waals surface area contributed by atoms with Gasteiger partial charge >= 0.3 is 0 Å². The highest BCUT2D eigenvalue weighted by Gasteiger charge is 2.16. The van der Waals surface area contributed by atoms with E-state index in [1.807, 2.05) is 31.2 Å². The van der Waals surface area contributed by atoms with E-state index in [4.69, 9.17) is 15.6 Å². The maximum atomic E-state index is 11.3. The largest absolute Gasteiger partial charge is 0.494 e. The van der Waals surface area contributed by atoms with Crippen LogP contribution in [-0.2, 0) is 6.54 Å². The van der Waals surface area contributed by atoms with E-state index in [-0.39, 0.29) is 6.61 Å². The monoisotopic (exact) mass is 289 g/mol. The van der Waals surface area contributed by atoms with Gasteiger partial charge in [0.25, 0.3) is 0 Å². The lowest BCUT2D eigenvalue weighted by Gasteiger charge is -2.03. The Morgan fingerprint density at radius 3 is 2.67 bits per heavy atom. The number of nitrogen functional groups attached to an aromatic ring is 1. The SMILES string of the molecule is CCOc1ccc(-c2nn(CCCO)c(N)c2C=O)cc1. The summed E-state index contributed by atoms with van der Waals surface area (Å²) >= 11 is 0. The minimum Gasteiger partial charge on any atom is -0.494 e. The van der Waals surface area contributed by atoms with Gasteiger partial charge in [0, 0.05) is 18.7 Å². The Bertz CT molecular complexity index is 605. The van der Waals surface area contributed by atoms with Crippen molar-refractivity contribution in [3.05, 3.63) is 29.8 Å². The molecule has 0 radical (unpaired) electrons. The summed E-state index contributed by atoms with van der Waals surface area (Å²) in [5.41, 5.74) is 7.65. The van der Waals surface area contributed by atoms with Gasteiger partial charge in [0.15, 0.2) is 6.29 Å². The first-order chi connectivity index (χ1) is 10.2. The molecule has 0 saturated carbocycles. The van der Waals surface area contributed by atoms with Gasteiger partial charge in [0.05, 0.1) is 12.2 Å². The van der Waals surface area contributed by atoms with E-state index in [1.165, 1.54) is 0 Å². The van der Waals surface area contributed by atoms with Crippen LogP contribution in [0.4, 0.5) is 5.82 Å². The first-order valence-electron chi connectivity index (χ1n) is 6.86. The van der Waals surface area contributed by atoms with Crippen molar-refractivity contribution in [2.24, 2.45) is 0 Å². The second-order valence-corrected chi connectivity index (χ2v) is 4.52. The standard InChI is InChI=1S/C15H19N3O3/c1-2-21-12-6-4-11(5-7-12)14-13(10-20)15(16)18(17-14)8-3-9-19/h4-7,10,19H,2-3,8-9,16H2,1H3. The van der Waals surface area contributed by atoms with Crippen LogP contribution in [0.2, 0.25) is 0 Å². The number of aryl methyl sites for hydroxylation is 1. The summed E-state index contributed by atoms with van der Waals surface area (Å²) in [6, 6.07) is 7.35. The van der Waals surface area contributed by atoms with Gasteiger partial charge < -0.3 is 15.6 Å². The molecule has 0 aliphatic rings. The Balaban J connectivity index is 2.35. The average molecular weight is 289 g/mol. The molecule has 0 atom stereocenters. The fourth-order valence-electron chi connectivity index (χ4n) is 2.08. The van der Waals surface area contributed by atoms with E-state index in [0.717, 1.165) is 11.3 Å². The molecule has 1 heterocycles. The smallest absolute Gasteiger partial charge is 0.156 e. The van der Waals surface area contributed by atoms with Crippen LogP contribution in [0.1, 0.15) is 23.7 Å². The molecule has 6 nitrogen and oxygen atoms in total. The molecular weight excluding hydrogens is 270 g/mol. The number of rotatable bonds is 7. The molecular formula is C15H19N3O3. The minimum absolute atomic E-state index is 0.0497. The number of benzene rings is 1. The lowest BCUT2D eigenvalue weighted by molar-refractivity contribution is 0.112. The van der Waals surface area contributed by atoms with Gasteiger partial charge in [-0.1, -0.05) is 0 Å². The molecule has 3 N–H and O–H groups in total. The normalized spacial score (nSPS) is 10.6. The van der Waals surface area contributed by atoms with Crippen LogP contribution in [0.3, 0.4) is 0 Å². The quantitative estimate of drug-likeness (QED) is 0.757. The van der Waals surface area contributed by atoms with Crippen LogP contribution in [0.25, 0.3) is 11.3 Å². The number of hydrogen-bond donors (Lipinski definition) is 2. The molecule has 2 aromatic rings. The molecule has 0 aliphatic heterocycles. The van der Waals surface area contributed by atoms with Crippen molar-refractivity contribution in [3.63, 3.8) is 0 Å². The lowest BCUT2D eigenvalue weighted by atomic mass is 10.1. The highest BCUT2D eigenvalue weighted by atomic mass is 16.5. The highest BCUT2D eigenvalue weighted by Crippen LogP contribution is 2.27. The van der Waals surface area contributed by atoms with Crippen molar-refractivity contribution in [3.8, 4) is 17.0 Å². The van der Waals surface area contributed by atoms with E-state index in [1.54, 1.807) is 4.68 Å². The van der Waals surface area contributed by atoms with Crippen LogP contribution >= 0.6 is 0 Å². The van der Waals surface area contributed by atoms with Gasteiger partial charge in [-0.05, 0) is 37.6 Å². The van der Waals surface area contributed by atoms with Crippen molar-refractivity contribution in [1.29, 1.82) is 0 Å². The summed E-state index contributed by atoms with van der Waals surface area (Å²) in [5, 5.41) is 13.3. The maximum Gasteiger partial charge on any atom is 0.156 e. The molecule has 6 heteroatoms. The molecule has 21 heavy (non-hydrogen) atoms. The number of aldehydes is 1. The minimum atomic E-state index is 0.0497. The van der Waals surface area contributed by atoms with E-state index in [9.17, 15) is 4.79 Å². The van der Waals surface area contributed by atoms with Gasteiger partial charge in [-0.25, -0.2) is 4.68 Å². The number of ether oxygens (including phenoxy) is 1. The molecule has 0 aliphatic carbocycles. The molecule has 0 unspecified atom stereocenters. The number of carbonyl (C=O) groups excluding carboxylic acids is 1. The number of hydrogen-bond acceptors (Lipinski definition) is 5. The van der Waals surface area contributed by atoms with Gasteiger partial charge in [-0.2, -0.15) is 5.10 Å². The zero-order valence-corrected chi connectivity index (χ0v) is 12.0. The van der Waals surface area contributed by atoms with Crippen molar-refractivity contribution < 1.29 is 14.6 Å². The van der Waals surface area contributed by atoms with Crippen LogP contribution in [0, 0.1) is 0 Å². The van der Waals surface area contributed by atoms with Crippen molar-refractivity contribution in [2.75, 3.05) is 18.9 Å². The third kappa shape index (κ3) is 3.22. The van der Waals surface area contributed by atoms with E-state index in [2.05, 4.69) is 5.10 Å². The predicted molar refractivity (Wildman–Crippen MR) is 80.3 cm³/mol. The Morgan fingerprint density at radius 2 is 2.10 bits per heavy atom. The highest BCUT2D eigenvalue weighted by molar-refractivity contribution is 5.91. The molecule has 0 fully saturated rings. The third-order valence-corrected chi connectivity index (χ3v) is 3.11. The van der Waals surface area contributed by atoms with Gasteiger partial charge in [-0.3, -0.25) is 4.79 Å². The first-order valence-corrected chi connectivity index (χ1v) is 6.86. The summed E-state index contributed by atoms with van der Waals surface area (Å²) in [5.74, 6) is 1.09. The van der Waals surface area contributed by atoms with Crippen molar-refractivity contribution >= 4 is 12.1 Å². The van der Waals surface area contributed by atoms with Gasteiger partial charge in [0.1, 0.15) is 17.3 Å². The summed E-state index contributed by atoms with van der Waals surface area (Å²) in [7, 11) is 0. The number of nitrogens with two attached hydrogens (primary N) is 1. The summed E-state index contributed by atoms with van der Waals surface area (Å²) in [6.45, 7) is 3.04. The van der Waals surface area contributed by atoms with Gasteiger partial charge in [0.2, 0.25) is 0 Å². The van der Waals surface area contributed by atoms with Crippen LogP contribution in [-0.4, -0.2) is 34.4 Å². The van der Waals surface area contributed by atoms with E-state index in [0.29, 0.717) is 42.9 Å².